The van der Waals surface area contributed by atoms with Crippen LogP contribution in [0.2, 0.25) is 0 Å². The molecule has 0 aromatic rings. The lowest BCUT2D eigenvalue weighted by molar-refractivity contribution is 0.921. The van der Waals surface area contributed by atoms with Crippen LogP contribution in [0.5, 0.6) is 0 Å². The summed E-state index contributed by atoms with van der Waals surface area (Å²) in [5, 5.41) is 2.98. The van der Waals surface area contributed by atoms with Gasteiger partial charge in [0, 0.05) is 6.54 Å². The van der Waals surface area contributed by atoms with Crippen LogP contribution in [0, 0.1) is 0 Å². The van der Waals surface area contributed by atoms with Gasteiger partial charge in [0.05, 0.1) is 0 Å². The zero-order valence-corrected chi connectivity index (χ0v) is 6.62. The Balaban J connectivity index is 2.78. The van der Waals surface area contributed by atoms with Gasteiger partial charge in [-0.05, 0) is 7.05 Å². The first-order valence-electron chi connectivity index (χ1n) is 2.27. The molecule has 0 saturated carbocycles. The van der Waals surface area contributed by atoms with E-state index >= 15 is 0 Å². The van der Waals surface area contributed by atoms with Crippen molar-refractivity contribution in [2.75, 3.05) is 13.6 Å². The minimum absolute atomic E-state index is 0.355. The van der Waals surface area contributed by atoms with Crippen LogP contribution >= 0.6 is 11.1 Å². The second kappa shape index (κ2) is 6.21. The maximum atomic E-state index is 5.46. The van der Waals surface area contributed by atoms with Gasteiger partial charge in [-0.25, -0.2) is 0 Å². The Morgan fingerprint density at radius 2 is 2.57 bits per heavy atom. The lowest BCUT2D eigenvalue weighted by atomic mass is 10.6. The Bertz CT molecular complexity index is 55.7. The highest BCUT2D eigenvalue weighted by Crippen LogP contribution is 1.70. The van der Waals surface area contributed by atoms with Crippen LogP contribution in [-0.4, -0.2) is 22.4 Å². The molecule has 0 saturated heterocycles. The summed E-state index contributed by atoms with van der Waals surface area (Å²) in [4.78, 5) is 0. The van der Waals surface area contributed by atoms with Crippen molar-refractivity contribution < 1.29 is 0 Å². The van der Waals surface area contributed by atoms with Crippen LogP contribution < -0.4 is 5.32 Å². The highest BCUT2D eigenvalue weighted by Gasteiger charge is 1.67. The zero-order valence-electron chi connectivity index (χ0n) is 4.45. The van der Waals surface area contributed by atoms with E-state index in [2.05, 4.69) is 17.1 Å². The van der Waals surface area contributed by atoms with Gasteiger partial charge in [-0.3, -0.25) is 0 Å². The summed E-state index contributed by atoms with van der Waals surface area (Å²) in [6.45, 7) is 0.944. The maximum Gasteiger partial charge on any atom is 0.148 e. The number of rotatable bonds is 3. The molecular formula is C4H10ClNSi. The van der Waals surface area contributed by atoms with E-state index in [-0.39, 0.29) is 8.83 Å². The molecule has 0 fully saturated rings. The normalized spacial score (nSPS) is 12.3. The monoisotopic (exact) mass is 135 g/mol. The average Bonchev–Trinajstić information content (AvgIpc) is 1.69. The number of nitrogens with one attached hydrogen (secondary N) is 1. The molecular weight excluding hydrogens is 126 g/mol. The van der Waals surface area contributed by atoms with Gasteiger partial charge >= 0.3 is 0 Å². The Morgan fingerprint density at radius 3 is 3.00 bits per heavy atom. The fourth-order valence-corrected chi connectivity index (χ4v) is 0.935. The van der Waals surface area contributed by atoms with Gasteiger partial charge in [0.1, 0.15) is 8.83 Å². The molecule has 7 heavy (non-hydrogen) atoms. The predicted molar refractivity (Wildman–Crippen MR) is 37.5 cm³/mol. The van der Waals surface area contributed by atoms with E-state index in [9.17, 15) is 0 Å². The standard InChI is InChI=1S/C4H10ClNSi/c1-6-3-2-4-7-5/h2,4,6H,3,7H2,1H3. The third-order valence-corrected chi connectivity index (χ3v) is 1.62. The third-order valence-electron chi connectivity index (χ3n) is 0.578. The summed E-state index contributed by atoms with van der Waals surface area (Å²) < 4.78 is 0. The molecule has 0 aromatic carbocycles. The molecule has 0 aromatic heterocycles. The van der Waals surface area contributed by atoms with Crippen LogP contribution in [-0.2, 0) is 0 Å². The molecule has 0 unspecified atom stereocenters. The van der Waals surface area contributed by atoms with Crippen molar-refractivity contribution in [1.29, 1.82) is 0 Å². The van der Waals surface area contributed by atoms with E-state index in [0.29, 0.717) is 0 Å². The SMILES string of the molecule is CNCC=C[SiH2]Cl. The van der Waals surface area contributed by atoms with Gasteiger partial charge in [0.15, 0.2) is 0 Å². The van der Waals surface area contributed by atoms with E-state index in [1.54, 1.807) is 0 Å². The molecule has 1 N–H and O–H groups in total. The topological polar surface area (TPSA) is 12.0 Å². The summed E-state index contributed by atoms with van der Waals surface area (Å²) in [5.74, 6) is 0. The average molecular weight is 136 g/mol. The largest absolute Gasteiger partial charge is 0.316 e. The van der Waals surface area contributed by atoms with Crippen molar-refractivity contribution in [2.24, 2.45) is 0 Å². The first-order chi connectivity index (χ1) is 3.41. The lowest BCUT2D eigenvalue weighted by Gasteiger charge is -1.83. The molecule has 1 nitrogen and oxygen atoms in total. The zero-order chi connectivity index (χ0) is 5.54. The van der Waals surface area contributed by atoms with E-state index in [1.165, 1.54) is 0 Å². The van der Waals surface area contributed by atoms with Gasteiger partial charge in [-0.15, -0.1) is 0 Å². The summed E-state index contributed by atoms with van der Waals surface area (Å²) in [6, 6.07) is 0. The number of likely N-dealkylation sites (N-methyl/N-ethyl adjacent to an activating group) is 1. The molecule has 0 aliphatic carbocycles. The molecule has 42 valence electrons. The molecule has 0 radical (unpaired) electrons. The Labute approximate surface area is 51.3 Å². The fourth-order valence-electron chi connectivity index (χ4n) is 0.264. The molecule has 0 bridgehead atoms. The third kappa shape index (κ3) is 6.21. The molecule has 0 rings (SSSR count). The molecule has 0 atom stereocenters. The van der Waals surface area contributed by atoms with Gasteiger partial charge in [-0.1, -0.05) is 11.8 Å². The van der Waals surface area contributed by atoms with Gasteiger partial charge in [0.2, 0.25) is 0 Å². The van der Waals surface area contributed by atoms with E-state index in [1.807, 2.05) is 7.05 Å². The molecule has 3 heteroatoms. The van der Waals surface area contributed by atoms with Crippen LogP contribution in [0.25, 0.3) is 0 Å². The fraction of sp³-hybridized carbons (Fsp3) is 0.500. The van der Waals surface area contributed by atoms with Crippen LogP contribution in [0.15, 0.2) is 11.8 Å². The van der Waals surface area contributed by atoms with E-state index in [0.717, 1.165) is 6.54 Å². The summed E-state index contributed by atoms with van der Waals surface area (Å²) >= 11 is 5.46. The Morgan fingerprint density at radius 1 is 1.86 bits per heavy atom. The van der Waals surface area contributed by atoms with Gasteiger partial charge < -0.3 is 5.32 Å². The highest BCUT2D eigenvalue weighted by molar-refractivity contribution is 6.96. The smallest absolute Gasteiger partial charge is 0.148 e. The van der Waals surface area contributed by atoms with Gasteiger partial charge in [0.25, 0.3) is 0 Å². The summed E-state index contributed by atoms with van der Waals surface area (Å²) in [5.41, 5.74) is 2.05. The Kier molecular flexibility index (Phi) is 6.39. The van der Waals surface area contributed by atoms with Crippen molar-refractivity contribution in [3.63, 3.8) is 0 Å². The van der Waals surface area contributed by atoms with Crippen molar-refractivity contribution in [3.05, 3.63) is 11.8 Å². The summed E-state index contributed by atoms with van der Waals surface area (Å²) in [7, 11) is 1.56. The molecule has 0 aliphatic rings. The maximum absolute atomic E-state index is 5.46. The number of hydrogen-bond acceptors (Lipinski definition) is 1. The first kappa shape index (κ1) is 7.21. The molecule has 0 spiro atoms. The lowest BCUT2D eigenvalue weighted by Crippen LogP contribution is -2.03. The predicted octanol–water partition coefficient (Wildman–Crippen LogP) is 0.0421. The minimum atomic E-state index is -0.355. The van der Waals surface area contributed by atoms with Crippen molar-refractivity contribution >= 4 is 19.9 Å². The van der Waals surface area contributed by atoms with Crippen molar-refractivity contribution in [3.8, 4) is 0 Å². The number of halogens is 1. The van der Waals surface area contributed by atoms with Crippen molar-refractivity contribution in [1.82, 2.24) is 5.32 Å². The van der Waals surface area contributed by atoms with E-state index < -0.39 is 0 Å². The van der Waals surface area contributed by atoms with Crippen LogP contribution in [0.1, 0.15) is 0 Å². The Hall–Kier alpha value is 0.207. The first-order valence-corrected chi connectivity index (χ1v) is 5.23. The quantitative estimate of drug-likeness (QED) is 0.426. The van der Waals surface area contributed by atoms with Crippen LogP contribution in [0.4, 0.5) is 0 Å². The highest BCUT2D eigenvalue weighted by atomic mass is 35.6. The van der Waals surface area contributed by atoms with Crippen molar-refractivity contribution in [2.45, 2.75) is 0 Å². The minimum Gasteiger partial charge on any atom is -0.316 e. The second-order valence-electron chi connectivity index (χ2n) is 1.18. The molecule has 0 amide bonds. The second-order valence-corrected chi connectivity index (χ2v) is 2.89. The number of hydrogen-bond donors (Lipinski definition) is 1. The van der Waals surface area contributed by atoms with E-state index in [4.69, 9.17) is 11.1 Å². The van der Waals surface area contributed by atoms with Gasteiger partial charge in [-0.2, -0.15) is 11.1 Å². The molecule has 0 heterocycles. The van der Waals surface area contributed by atoms with Crippen LogP contribution in [0.3, 0.4) is 0 Å². The molecule has 0 aliphatic heterocycles. The summed E-state index contributed by atoms with van der Waals surface area (Å²) in [6.07, 6.45) is 2.05.